The van der Waals surface area contributed by atoms with Crippen LogP contribution in [0.25, 0.3) is 0 Å². The molecule has 0 radical (unpaired) electrons. The van der Waals surface area contributed by atoms with Gasteiger partial charge in [-0.25, -0.2) is 0 Å². The van der Waals surface area contributed by atoms with Crippen LogP contribution in [0.5, 0.6) is 0 Å². The second-order valence-electron chi connectivity index (χ2n) is 2.87. The lowest BCUT2D eigenvalue weighted by atomic mass is 10.1. The van der Waals surface area contributed by atoms with Gasteiger partial charge in [0.05, 0.1) is 4.92 Å². The van der Waals surface area contributed by atoms with Crippen molar-refractivity contribution in [1.82, 2.24) is 0 Å². The predicted octanol–water partition coefficient (Wildman–Crippen LogP) is 0.594. The predicted molar refractivity (Wildman–Crippen MR) is 56.4 cm³/mol. The molecule has 0 fully saturated rings. The summed E-state index contributed by atoms with van der Waals surface area (Å²) in [5, 5.41) is 9.80. The molecule has 10 heteroatoms. The van der Waals surface area contributed by atoms with Gasteiger partial charge in [0, 0.05) is 0 Å². The lowest BCUT2D eigenvalue weighted by Crippen LogP contribution is -2.14. The summed E-state index contributed by atoms with van der Waals surface area (Å²) in [7, 11) is -4.72. The molecule has 0 aromatic heterocycles. The van der Waals surface area contributed by atoms with Crippen molar-refractivity contribution >= 4 is 33.3 Å². The third-order valence-electron chi connectivity index (χ3n) is 1.81. The van der Waals surface area contributed by atoms with Crippen molar-refractivity contribution in [2.24, 2.45) is 5.73 Å². The molecule has 0 saturated heterocycles. The first kappa shape index (κ1) is 13.4. The number of benzene rings is 1. The van der Waals surface area contributed by atoms with Crippen molar-refractivity contribution in [3.63, 3.8) is 0 Å². The highest BCUT2D eigenvalue weighted by Gasteiger charge is 2.29. The zero-order valence-electron chi connectivity index (χ0n) is 7.95. The molecule has 0 aliphatic heterocycles. The topological polar surface area (TPSA) is 141 Å². The Bertz CT molecular complexity index is 611. The molecule has 0 heterocycles. The van der Waals surface area contributed by atoms with Crippen molar-refractivity contribution in [2.75, 3.05) is 0 Å². The van der Waals surface area contributed by atoms with Gasteiger partial charge in [0.15, 0.2) is 0 Å². The molecule has 0 bridgehead atoms. The molecule has 8 nitrogen and oxygen atoms in total. The van der Waals surface area contributed by atoms with E-state index in [2.05, 4.69) is 0 Å². The lowest BCUT2D eigenvalue weighted by Gasteiger charge is -2.04. The first-order valence-electron chi connectivity index (χ1n) is 3.90. The molecule has 17 heavy (non-hydrogen) atoms. The molecule has 1 rings (SSSR count). The largest absolute Gasteiger partial charge is 0.365 e. The molecule has 0 atom stereocenters. The van der Waals surface area contributed by atoms with E-state index >= 15 is 0 Å². The number of nitro benzene ring substituents is 1. The van der Waals surface area contributed by atoms with Crippen LogP contribution in [0.1, 0.15) is 10.4 Å². The number of nitro groups is 1. The van der Waals surface area contributed by atoms with E-state index in [0.717, 1.165) is 12.1 Å². The maximum atomic E-state index is 10.9. The van der Waals surface area contributed by atoms with Gasteiger partial charge >= 0.3 is 5.69 Å². The fourth-order valence-corrected chi connectivity index (χ4v) is 2.21. The van der Waals surface area contributed by atoms with Gasteiger partial charge in [0.25, 0.3) is 16.0 Å². The first-order chi connectivity index (χ1) is 7.66. The zero-order valence-corrected chi connectivity index (χ0v) is 9.53. The Morgan fingerprint density at radius 3 is 2.35 bits per heavy atom. The first-order valence-corrected chi connectivity index (χ1v) is 5.72. The molecule has 1 aromatic carbocycles. The van der Waals surface area contributed by atoms with E-state index in [1.165, 1.54) is 0 Å². The molecule has 0 saturated carbocycles. The summed E-state index contributed by atoms with van der Waals surface area (Å²) in [4.78, 5) is 19.6. The van der Waals surface area contributed by atoms with Crippen LogP contribution >= 0.6 is 11.6 Å². The molecule has 0 aliphatic carbocycles. The highest BCUT2D eigenvalue weighted by Crippen LogP contribution is 2.34. The van der Waals surface area contributed by atoms with Crippen LogP contribution in [0.15, 0.2) is 17.0 Å². The number of hydrogen-bond donors (Lipinski definition) is 2. The Labute approximate surface area is 99.9 Å². The van der Waals surface area contributed by atoms with Crippen LogP contribution in [0, 0.1) is 10.1 Å². The molecule has 0 spiro atoms. The molecular weight excluding hydrogens is 276 g/mol. The van der Waals surface area contributed by atoms with Gasteiger partial charge in [-0.2, -0.15) is 8.42 Å². The molecule has 1 aromatic rings. The fraction of sp³-hybridized carbons (Fsp3) is 0. The minimum Gasteiger partial charge on any atom is -0.365 e. The Morgan fingerprint density at radius 1 is 1.47 bits per heavy atom. The summed E-state index contributed by atoms with van der Waals surface area (Å²) >= 11 is 5.45. The normalized spacial score (nSPS) is 11.2. The zero-order chi connectivity index (χ0) is 13.4. The Balaban J connectivity index is 3.73. The highest BCUT2D eigenvalue weighted by molar-refractivity contribution is 7.86. The minimum atomic E-state index is -4.72. The van der Waals surface area contributed by atoms with Gasteiger partial charge < -0.3 is 5.73 Å². The molecule has 3 N–H and O–H groups in total. The maximum absolute atomic E-state index is 10.9. The third-order valence-corrected chi connectivity index (χ3v) is 3.20. The number of primary amides is 1. The molecule has 92 valence electrons. The minimum absolute atomic E-state index is 0.549. The van der Waals surface area contributed by atoms with Gasteiger partial charge in [-0.05, 0) is 12.1 Å². The van der Waals surface area contributed by atoms with Gasteiger partial charge in [0.1, 0.15) is 15.5 Å². The average Bonchev–Trinajstić information content (AvgIpc) is 2.13. The quantitative estimate of drug-likeness (QED) is 0.471. The van der Waals surface area contributed by atoms with E-state index in [0.29, 0.717) is 0 Å². The maximum Gasteiger partial charge on any atom is 0.302 e. The Morgan fingerprint density at radius 2 is 2.00 bits per heavy atom. The number of hydrogen-bond acceptors (Lipinski definition) is 5. The van der Waals surface area contributed by atoms with Crippen LogP contribution in [0.4, 0.5) is 5.69 Å². The van der Waals surface area contributed by atoms with Crippen molar-refractivity contribution < 1.29 is 22.7 Å². The van der Waals surface area contributed by atoms with E-state index in [1.54, 1.807) is 0 Å². The summed E-state index contributed by atoms with van der Waals surface area (Å²) in [5.74, 6) is -1.14. The van der Waals surface area contributed by atoms with Gasteiger partial charge in [-0.3, -0.25) is 19.5 Å². The number of halogens is 1. The second-order valence-corrected chi connectivity index (χ2v) is 4.64. The van der Waals surface area contributed by atoms with Gasteiger partial charge in [-0.15, -0.1) is 0 Å². The van der Waals surface area contributed by atoms with E-state index in [-0.39, 0.29) is 0 Å². The third kappa shape index (κ3) is 2.52. The summed E-state index contributed by atoms with van der Waals surface area (Å²) in [6.07, 6.45) is 0. The monoisotopic (exact) mass is 280 g/mol. The number of amides is 1. The number of carbonyl (C=O) groups is 1. The van der Waals surface area contributed by atoms with Crippen LogP contribution < -0.4 is 5.73 Å². The summed E-state index contributed by atoms with van der Waals surface area (Å²) < 4.78 is 30.4. The Hall–Kier alpha value is -1.71. The van der Waals surface area contributed by atoms with Crippen LogP contribution in [0.2, 0.25) is 5.02 Å². The van der Waals surface area contributed by atoms with Crippen LogP contribution in [0.3, 0.4) is 0 Å². The number of nitrogens with zero attached hydrogens (tertiary/aromatic N) is 1. The van der Waals surface area contributed by atoms with Crippen molar-refractivity contribution in [3.05, 3.63) is 32.8 Å². The second kappa shape index (κ2) is 4.28. The fourth-order valence-electron chi connectivity index (χ4n) is 1.12. The number of carbonyl (C=O) groups excluding carboxylic acids is 1. The standard InChI is InChI=1S/C7H5ClN2O6S/c8-5-4(17(14,15)16)2-1-3(7(9)11)6(5)10(12)13/h1-2H,(H2,9,11)(H,14,15,16). The smallest absolute Gasteiger partial charge is 0.302 e. The van der Waals surface area contributed by atoms with E-state index in [4.69, 9.17) is 21.9 Å². The number of nitrogens with two attached hydrogens (primary N) is 1. The van der Waals surface area contributed by atoms with Crippen LogP contribution in [-0.2, 0) is 10.1 Å². The van der Waals surface area contributed by atoms with Crippen LogP contribution in [-0.4, -0.2) is 23.8 Å². The lowest BCUT2D eigenvalue weighted by molar-refractivity contribution is -0.385. The molecule has 0 aliphatic rings. The Kier molecular flexibility index (Phi) is 3.36. The number of rotatable bonds is 3. The van der Waals surface area contributed by atoms with Gasteiger partial charge in [-0.1, -0.05) is 11.6 Å². The van der Waals surface area contributed by atoms with Crippen molar-refractivity contribution in [1.29, 1.82) is 0 Å². The SMILES string of the molecule is NC(=O)c1ccc(S(=O)(=O)O)c(Cl)c1[N+](=O)[O-]. The van der Waals surface area contributed by atoms with E-state index in [1.807, 2.05) is 0 Å². The summed E-state index contributed by atoms with van der Waals surface area (Å²) in [5.41, 5.74) is 3.35. The molecule has 1 amide bonds. The van der Waals surface area contributed by atoms with Crippen molar-refractivity contribution in [2.45, 2.75) is 4.90 Å². The average molecular weight is 281 g/mol. The van der Waals surface area contributed by atoms with Gasteiger partial charge in [0.2, 0.25) is 0 Å². The summed E-state index contributed by atoms with van der Waals surface area (Å²) in [6, 6.07) is 1.56. The molecular formula is C7H5ClN2O6S. The van der Waals surface area contributed by atoms with E-state index in [9.17, 15) is 23.3 Å². The van der Waals surface area contributed by atoms with Crippen molar-refractivity contribution in [3.8, 4) is 0 Å². The van der Waals surface area contributed by atoms with E-state index < -0.39 is 42.1 Å². The highest BCUT2D eigenvalue weighted by atomic mass is 35.5. The molecule has 0 unspecified atom stereocenters. The summed E-state index contributed by atoms with van der Waals surface area (Å²) in [6.45, 7) is 0.